The molecule has 2 aliphatic rings. The highest BCUT2D eigenvalue weighted by atomic mass is 16.5. The van der Waals surface area contributed by atoms with Crippen LogP contribution in [0.4, 0.5) is 0 Å². The van der Waals surface area contributed by atoms with Gasteiger partial charge in [-0.2, -0.15) is 0 Å². The molecule has 2 saturated heterocycles. The molecule has 0 aromatic carbocycles. The third-order valence-corrected chi connectivity index (χ3v) is 4.31. The summed E-state index contributed by atoms with van der Waals surface area (Å²) in [7, 11) is 0. The first kappa shape index (κ1) is 12.0. The summed E-state index contributed by atoms with van der Waals surface area (Å²) >= 11 is 0. The summed E-state index contributed by atoms with van der Waals surface area (Å²) in [6.45, 7) is 3.42. The Bertz CT molecular complexity index is 366. The number of aromatic nitrogens is 1. The van der Waals surface area contributed by atoms with E-state index in [1.165, 1.54) is 45.2 Å². The van der Waals surface area contributed by atoms with Crippen LogP contribution in [0, 0.1) is 5.92 Å². The van der Waals surface area contributed by atoms with E-state index in [4.69, 9.17) is 4.74 Å². The van der Waals surface area contributed by atoms with Crippen molar-refractivity contribution in [2.24, 2.45) is 5.92 Å². The average molecular weight is 246 g/mol. The second-order valence-electron chi connectivity index (χ2n) is 5.48. The number of fused-ring (bicyclic) bond motifs is 1. The summed E-state index contributed by atoms with van der Waals surface area (Å²) in [5.74, 6) is 1.46. The largest absolute Gasteiger partial charge is 0.477 e. The summed E-state index contributed by atoms with van der Waals surface area (Å²) in [6.07, 6.45) is 8.56. The molecule has 2 atom stereocenters. The Balaban J connectivity index is 1.58. The minimum absolute atomic E-state index is 0.695. The van der Waals surface area contributed by atoms with E-state index in [0.29, 0.717) is 5.92 Å². The molecule has 0 N–H and O–H groups in total. The van der Waals surface area contributed by atoms with Crippen LogP contribution in [0.3, 0.4) is 0 Å². The molecule has 0 radical (unpaired) electrons. The number of nitrogens with zero attached hydrogens (tertiary/aromatic N) is 2. The molecule has 3 rings (SSSR count). The van der Waals surface area contributed by atoms with Gasteiger partial charge in [0, 0.05) is 24.2 Å². The van der Waals surface area contributed by atoms with Crippen LogP contribution in [-0.4, -0.2) is 35.6 Å². The quantitative estimate of drug-likeness (QED) is 0.820. The topological polar surface area (TPSA) is 25.4 Å². The first-order chi connectivity index (χ1) is 8.93. The molecule has 2 fully saturated rings. The van der Waals surface area contributed by atoms with Gasteiger partial charge in [-0.25, -0.2) is 4.98 Å². The predicted octanol–water partition coefficient (Wildman–Crippen LogP) is 2.72. The normalized spacial score (nSPS) is 28.7. The van der Waals surface area contributed by atoms with Gasteiger partial charge in [0.2, 0.25) is 5.88 Å². The molecule has 0 amide bonds. The van der Waals surface area contributed by atoms with E-state index >= 15 is 0 Å². The van der Waals surface area contributed by atoms with E-state index in [1.54, 1.807) is 6.20 Å². The van der Waals surface area contributed by atoms with Gasteiger partial charge >= 0.3 is 0 Å². The Hall–Kier alpha value is -1.09. The molecule has 3 heterocycles. The van der Waals surface area contributed by atoms with Gasteiger partial charge in [-0.15, -0.1) is 0 Å². The van der Waals surface area contributed by atoms with Crippen molar-refractivity contribution in [3.63, 3.8) is 0 Å². The Labute approximate surface area is 109 Å². The summed E-state index contributed by atoms with van der Waals surface area (Å²) < 4.78 is 5.86. The SMILES string of the molecule is c1ccc(OC[C@H]2CCCN3CCCC[C@H]23)nc1. The van der Waals surface area contributed by atoms with Crippen LogP contribution in [0.25, 0.3) is 0 Å². The van der Waals surface area contributed by atoms with Crippen LogP contribution in [0.2, 0.25) is 0 Å². The monoisotopic (exact) mass is 246 g/mol. The van der Waals surface area contributed by atoms with E-state index in [9.17, 15) is 0 Å². The Morgan fingerprint density at radius 3 is 3.00 bits per heavy atom. The Kier molecular flexibility index (Phi) is 3.79. The minimum atomic E-state index is 0.695. The van der Waals surface area contributed by atoms with Crippen molar-refractivity contribution in [2.45, 2.75) is 38.1 Å². The van der Waals surface area contributed by atoms with Crippen LogP contribution in [0.15, 0.2) is 24.4 Å². The van der Waals surface area contributed by atoms with Crippen molar-refractivity contribution in [1.29, 1.82) is 0 Å². The lowest BCUT2D eigenvalue weighted by atomic mass is 9.84. The molecule has 0 saturated carbocycles. The predicted molar refractivity (Wildman–Crippen MR) is 71.7 cm³/mol. The molecule has 0 unspecified atom stereocenters. The summed E-state index contributed by atoms with van der Waals surface area (Å²) in [6, 6.07) is 6.62. The van der Waals surface area contributed by atoms with Gasteiger partial charge < -0.3 is 4.74 Å². The fourth-order valence-electron chi connectivity index (χ4n) is 3.40. The fourth-order valence-corrected chi connectivity index (χ4v) is 3.40. The van der Waals surface area contributed by atoms with Gasteiger partial charge in [0.15, 0.2) is 0 Å². The standard InChI is InChI=1S/C15H22N2O/c1-3-9-16-15(8-1)18-12-13-6-5-11-17-10-4-2-7-14(13)17/h1,3,8-9,13-14H,2,4-7,10-12H2/t13-,14-/m1/s1. The first-order valence-electron chi connectivity index (χ1n) is 7.21. The molecule has 0 aliphatic carbocycles. The smallest absolute Gasteiger partial charge is 0.213 e. The number of pyridine rings is 1. The molecule has 0 spiro atoms. The molecular formula is C15H22N2O. The highest BCUT2D eigenvalue weighted by Crippen LogP contribution is 2.31. The summed E-state index contributed by atoms with van der Waals surface area (Å²) in [5, 5.41) is 0. The van der Waals surface area contributed by atoms with Crippen LogP contribution in [0.1, 0.15) is 32.1 Å². The first-order valence-corrected chi connectivity index (χ1v) is 7.21. The number of piperidine rings is 2. The maximum absolute atomic E-state index is 5.86. The number of hydrogen-bond acceptors (Lipinski definition) is 3. The van der Waals surface area contributed by atoms with E-state index < -0.39 is 0 Å². The van der Waals surface area contributed by atoms with Gasteiger partial charge in [-0.3, -0.25) is 4.90 Å². The maximum atomic E-state index is 5.86. The van der Waals surface area contributed by atoms with Crippen molar-refractivity contribution >= 4 is 0 Å². The average Bonchev–Trinajstić information content (AvgIpc) is 2.46. The lowest BCUT2D eigenvalue weighted by Gasteiger charge is -2.44. The molecular weight excluding hydrogens is 224 g/mol. The van der Waals surface area contributed by atoms with Gasteiger partial charge in [0.25, 0.3) is 0 Å². The van der Waals surface area contributed by atoms with Crippen molar-refractivity contribution < 1.29 is 4.74 Å². The van der Waals surface area contributed by atoms with E-state index in [1.807, 2.05) is 18.2 Å². The zero-order valence-corrected chi connectivity index (χ0v) is 10.9. The lowest BCUT2D eigenvalue weighted by Crippen LogP contribution is -2.49. The van der Waals surface area contributed by atoms with Crippen LogP contribution >= 0.6 is 0 Å². The lowest BCUT2D eigenvalue weighted by molar-refractivity contribution is 0.0357. The van der Waals surface area contributed by atoms with Crippen molar-refractivity contribution in [3.8, 4) is 5.88 Å². The van der Waals surface area contributed by atoms with Gasteiger partial charge in [0.05, 0.1) is 6.61 Å². The van der Waals surface area contributed by atoms with Crippen molar-refractivity contribution in [3.05, 3.63) is 24.4 Å². The fraction of sp³-hybridized carbons (Fsp3) is 0.667. The Morgan fingerprint density at radius 2 is 2.11 bits per heavy atom. The molecule has 1 aromatic rings. The van der Waals surface area contributed by atoms with E-state index in [2.05, 4.69) is 9.88 Å². The van der Waals surface area contributed by atoms with Crippen molar-refractivity contribution in [2.75, 3.05) is 19.7 Å². The van der Waals surface area contributed by atoms with Gasteiger partial charge in [-0.05, 0) is 44.8 Å². The van der Waals surface area contributed by atoms with Crippen LogP contribution in [0.5, 0.6) is 5.88 Å². The maximum Gasteiger partial charge on any atom is 0.213 e. The molecule has 3 heteroatoms. The molecule has 18 heavy (non-hydrogen) atoms. The second kappa shape index (κ2) is 5.70. The van der Waals surface area contributed by atoms with Crippen LogP contribution < -0.4 is 4.74 Å². The van der Waals surface area contributed by atoms with Crippen LogP contribution in [-0.2, 0) is 0 Å². The molecule has 0 bridgehead atoms. The van der Waals surface area contributed by atoms with Gasteiger partial charge in [-0.1, -0.05) is 12.5 Å². The molecule has 1 aromatic heterocycles. The van der Waals surface area contributed by atoms with Crippen molar-refractivity contribution in [1.82, 2.24) is 9.88 Å². The zero-order valence-electron chi connectivity index (χ0n) is 10.9. The highest BCUT2D eigenvalue weighted by molar-refractivity contribution is 5.09. The summed E-state index contributed by atoms with van der Waals surface area (Å²) in [5.41, 5.74) is 0. The van der Waals surface area contributed by atoms with Gasteiger partial charge in [0.1, 0.15) is 0 Å². The minimum Gasteiger partial charge on any atom is -0.477 e. The second-order valence-corrected chi connectivity index (χ2v) is 5.48. The third-order valence-electron chi connectivity index (χ3n) is 4.31. The number of ether oxygens (including phenoxy) is 1. The third kappa shape index (κ3) is 2.66. The highest BCUT2D eigenvalue weighted by Gasteiger charge is 2.33. The molecule has 3 nitrogen and oxygen atoms in total. The Morgan fingerprint density at radius 1 is 1.17 bits per heavy atom. The zero-order chi connectivity index (χ0) is 12.2. The van der Waals surface area contributed by atoms with E-state index in [-0.39, 0.29) is 0 Å². The number of rotatable bonds is 3. The molecule has 98 valence electrons. The number of hydrogen-bond donors (Lipinski definition) is 0. The molecule has 2 aliphatic heterocycles. The van der Waals surface area contributed by atoms with E-state index in [0.717, 1.165) is 18.5 Å². The summed E-state index contributed by atoms with van der Waals surface area (Å²) in [4.78, 5) is 6.91.